The maximum Gasteiger partial charge on any atom is 0.271 e. The van der Waals surface area contributed by atoms with Gasteiger partial charge in [-0.05, 0) is 30.2 Å². The molecule has 0 aromatic heterocycles. The Labute approximate surface area is 132 Å². The zero-order chi connectivity index (χ0) is 16.7. The fourth-order valence-corrected chi connectivity index (χ4v) is 1.97. The lowest BCUT2D eigenvalue weighted by molar-refractivity contribution is -0.384. The highest BCUT2D eigenvalue weighted by molar-refractivity contribution is 5.80. The molecule has 2 aromatic carbocycles. The summed E-state index contributed by atoms with van der Waals surface area (Å²) >= 11 is 0. The zero-order valence-corrected chi connectivity index (χ0v) is 12.3. The molecule has 1 amide bonds. The van der Waals surface area contributed by atoms with Gasteiger partial charge in [0.15, 0.2) is 0 Å². The van der Waals surface area contributed by atoms with E-state index in [-0.39, 0.29) is 24.0 Å². The van der Waals surface area contributed by atoms with Crippen LogP contribution in [0.3, 0.4) is 0 Å². The number of benzene rings is 2. The Morgan fingerprint density at radius 3 is 2.61 bits per heavy atom. The number of amides is 1. The smallest absolute Gasteiger partial charge is 0.271 e. The van der Waals surface area contributed by atoms with Crippen LogP contribution in [0.25, 0.3) is 0 Å². The van der Waals surface area contributed by atoms with Crippen molar-refractivity contribution in [1.29, 1.82) is 0 Å². The zero-order valence-electron chi connectivity index (χ0n) is 12.3. The first-order chi connectivity index (χ1) is 11.0. The first-order valence-corrected chi connectivity index (χ1v) is 7.04. The topological polar surface area (TPSA) is 84.3 Å². The Balaban J connectivity index is 1.73. The van der Waals surface area contributed by atoms with Crippen molar-refractivity contribution in [3.63, 3.8) is 0 Å². The van der Waals surface area contributed by atoms with Crippen LogP contribution in [0.5, 0.6) is 0 Å². The van der Waals surface area contributed by atoms with Gasteiger partial charge in [-0.25, -0.2) is 4.39 Å². The van der Waals surface area contributed by atoms with Gasteiger partial charge >= 0.3 is 0 Å². The van der Waals surface area contributed by atoms with E-state index in [1.165, 1.54) is 24.3 Å². The Kier molecular flexibility index (Phi) is 5.62. The fourth-order valence-electron chi connectivity index (χ4n) is 1.97. The van der Waals surface area contributed by atoms with E-state index in [1.54, 1.807) is 24.3 Å². The van der Waals surface area contributed by atoms with Crippen molar-refractivity contribution in [2.45, 2.75) is 6.42 Å². The van der Waals surface area contributed by atoms with Crippen LogP contribution in [-0.2, 0) is 11.2 Å². The Hall–Kier alpha value is -2.96. The van der Waals surface area contributed by atoms with Crippen LogP contribution in [0.4, 0.5) is 15.8 Å². The molecule has 0 fully saturated rings. The number of non-ortho nitro benzene ring substituents is 1. The normalized spacial score (nSPS) is 10.1. The Morgan fingerprint density at radius 2 is 1.91 bits per heavy atom. The van der Waals surface area contributed by atoms with E-state index in [9.17, 15) is 19.3 Å². The van der Waals surface area contributed by atoms with Crippen LogP contribution in [-0.4, -0.2) is 23.9 Å². The molecule has 0 aliphatic heterocycles. The molecule has 2 N–H and O–H groups in total. The molecular formula is C16H16FN3O3. The van der Waals surface area contributed by atoms with Crippen LogP contribution < -0.4 is 10.6 Å². The molecule has 23 heavy (non-hydrogen) atoms. The van der Waals surface area contributed by atoms with Crippen LogP contribution in [0, 0.1) is 15.9 Å². The van der Waals surface area contributed by atoms with E-state index in [4.69, 9.17) is 0 Å². The van der Waals surface area contributed by atoms with Gasteiger partial charge in [0.1, 0.15) is 5.82 Å². The molecule has 0 saturated heterocycles. The number of hydrogen-bond acceptors (Lipinski definition) is 4. The number of halogens is 1. The molecule has 0 aliphatic rings. The number of nitro groups is 1. The third-order valence-corrected chi connectivity index (χ3v) is 3.16. The SMILES string of the molecule is O=C(CNc1cccc([N+](=O)[O-])c1)NCCc1ccc(F)cc1. The summed E-state index contributed by atoms with van der Waals surface area (Å²) < 4.78 is 12.8. The average Bonchev–Trinajstić information content (AvgIpc) is 2.55. The molecule has 2 aromatic rings. The van der Waals surface area contributed by atoms with Crippen molar-refractivity contribution in [2.75, 3.05) is 18.4 Å². The van der Waals surface area contributed by atoms with Gasteiger partial charge in [0.25, 0.3) is 5.69 Å². The van der Waals surface area contributed by atoms with E-state index in [0.29, 0.717) is 18.7 Å². The lowest BCUT2D eigenvalue weighted by atomic mass is 10.1. The third-order valence-electron chi connectivity index (χ3n) is 3.16. The van der Waals surface area contributed by atoms with Crippen molar-refractivity contribution in [1.82, 2.24) is 5.32 Å². The number of nitro benzene ring substituents is 1. The van der Waals surface area contributed by atoms with Crippen LogP contribution in [0.1, 0.15) is 5.56 Å². The molecule has 2 rings (SSSR count). The summed E-state index contributed by atoms with van der Waals surface area (Å²) in [4.78, 5) is 21.9. The average molecular weight is 317 g/mol. The molecule has 0 unspecified atom stereocenters. The van der Waals surface area contributed by atoms with E-state index in [0.717, 1.165) is 5.56 Å². The second-order valence-electron chi connectivity index (χ2n) is 4.89. The van der Waals surface area contributed by atoms with Crippen molar-refractivity contribution in [2.24, 2.45) is 0 Å². The largest absolute Gasteiger partial charge is 0.376 e. The van der Waals surface area contributed by atoms with Crippen LogP contribution in [0.2, 0.25) is 0 Å². The quantitative estimate of drug-likeness (QED) is 0.607. The lowest BCUT2D eigenvalue weighted by Crippen LogP contribution is -2.31. The predicted molar refractivity (Wildman–Crippen MR) is 84.7 cm³/mol. The number of nitrogens with zero attached hydrogens (tertiary/aromatic N) is 1. The molecule has 0 aliphatic carbocycles. The molecule has 120 valence electrons. The van der Waals surface area contributed by atoms with Gasteiger partial charge in [0.2, 0.25) is 5.91 Å². The number of carbonyl (C=O) groups is 1. The highest BCUT2D eigenvalue weighted by Gasteiger charge is 2.06. The summed E-state index contributed by atoms with van der Waals surface area (Å²) in [5.74, 6) is -0.516. The van der Waals surface area contributed by atoms with Gasteiger partial charge in [-0.3, -0.25) is 14.9 Å². The number of carbonyl (C=O) groups excluding carboxylic acids is 1. The predicted octanol–water partition coefficient (Wildman–Crippen LogP) is 2.50. The Morgan fingerprint density at radius 1 is 1.17 bits per heavy atom. The van der Waals surface area contributed by atoms with Gasteiger partial charge in [0, 0.05) is 24.4 Å². The highest BCUT2D eigenvalue weighted by atomic mass is 19.1. The van der Waals surface area contributed by atoms with E-state index < -0.39 is 4.92 Å². The number of anilines is 1. The van der Waals surface area contributed by atoms with Gasteiger partial charge in [0.05, 0.1) is 11.5 Å². The van der Waals surface area contributed by atoms with Crippen molar-refractivity contribution < 1.29 is 14.1 Å². The monoisotopic (exact) mass is 317 g/mol. The fraction of sp³-hybridized carbons (Fsp3) is 0.188. The molecule has 7 heteroatoms. The molecule has 0 radical (unpaired) electrons. The Bertz CT molecular complexity index is 689. The molecule has 0 saturated carbocycles. The second-order valence-corrected chi connectivity index (χ2v) is 4.89. The van der Waals surface area contributed by atoms with Gasteiger partial charge in [-0.2, -0.15) is 0 Å². The van der Waals surface area contributed by atoms with Gasteiger partial charge in [-0.1, -0.05) is 18.2 Å². The van der Waals surface area contributed by atoms with E-state index in [1.807, 2.05) is 0 Å². The maximum absolute atomic E-state index is 12.8. The number of hydrogen-bond donors (Lipinski definition) is 2. The first-order valence-electron chi connectivity index (χ1n) is 7.04. The minimum absolute atomic E-state index is 0.0184. The lowest BCUT2D eigenvalue weighted by Gasteiger charge is -2.08. The number of nitrogens with one attached hydrogen (secondary N) is 2. The highest BCUT2D eigenvalue weighted by Crippen LogP contribution is 2.16. The van der Waals surface area contributed by atoms with Crippen molar-refractivity contribution in [3.8, 4) is 0 Å². The van der Waals surface area contributed by atoms with E-state index in [2.05, 4.69) is 10.6 Å². The third kappa shape index (κ3) is 5.39. The maximum atomic E-state index is 12.8. The standard InChI is InChI=1S/C16H16FN3O3/c17-13-6-4-12(5-7-13)8-9-18-16(21)11-19-14-2-1-3-15(10-14)20(22)23/h1-7,10,19H,8-9,11H2,(H,18,21). The van der Waals surface area contributed by atoms with Crippen molar-refractivity contribution >= 4 is 17.3 Å². The van der Waals surface area contributed by atoms with Gasteiger partial charge in [-0.15, -0.1) is 0 Å². The summed E-state index contributed by atoms with van der Waals surface area (Å²) in [6.07, 6.45) is 0.600. The molecule has 0 bridgehead atoms. The van der Waals surface area contributed by atoms with Crippen molar-refractivity contribution in [3.05, 3.63) is 70.0 Å². The number of rotatable bonds is 7. The second kappa shape index (κ2) is 7.88. The molecular weight excluding hydrogens is 301 g/mol. The summed E-state index contributed by atoms with van der Waals surface area (Å²) in [7, 11) is 0. The molecule has 6 nitrogen and oxygen atoms in total. The molecule has 0 spiro atoms. The summed E-state index contributed by atoms with van der Waals surface area (Å²) in [5.41, 5.74) is 1.40. The summed E-state index contributed by atoms with van der Waals surface area (Å²) in [5, 5.41) is 16.2. The summed E-state index contributed by atoms with van der Waals surface area (Å²) in [6.45, 7) is 0.450. The molecule has 0 atom stereocenters. The minimum Gasteiger partial charge on any atom is -0.376 e. The summed E-state index contributed by atoms with van der Waals surface area (Å²) in [6, 6.07) is 12.0. The van der Waals surface area contributed by atoms with Gasteiger partial charge < -0.3 is 10.6 Å². The van der Waals surface area contributed by atoms with E-state index >= 15 is 0 Å². The van der Waals surface area contributed by atoms with Crippen LogP contribution in [0.15, 0.2) is 48.5 Å². The molecule has 0 heterocycles. The minimum atomic E-state index is -0.492. The van der Waals surface area contributed by atoms with Crippen LogP contribution >= 0.6 is 0 Å². The first kappa shape index (κ1) is 16.4.